The number of hydrogen-bond donors (Lipinski definition) is 1. The van der Waals surface area contributed by atoms with E-state index in [0.717, 1.165) is 12.2 Å². The summed E-state index contributed by atoms with van der Waals surface area (Å²) in [6.07, 6.45) is 1.07. The average Bonchev–Trinajstić information content (AvgIpc) is 2.37. The van der Waals surface area contributed by atoms with Crippen LogP contribution in [-0.2, 0) is 0 Å². The summed E-state index contributed by atoms with van der Waals surface area (Å²) in [7, 11) is 0. The Morgan fingerprint density at radius 1 is 1.67 bits per heavy atom. The molecule has 1 atom stereocenters. The molecule has 0 aliphatic heterocycles. The van der Waals surface area contributed by atoms with Crippen molar-refractivity contribution < 1.29 is 0 Å². The van der Waals surface area contributed by atoms with Crippen molar-refractivity contribution in [2.75, 3.05) is 0 Å². The van der Waals surface area contributed by atoms with Crippen LogP contribution in [0.2, 0.25) is 0 Å². The third-order valence-corrected chi connectivity index (χ3v) is 1.44. The molecule has 4 heteroatoms. The molecule has 0 saturated carbocycles. The summed E-state index contributed by atoms with van der Waals surface area (Å²) in [4.78, 5) is 0. The van der Waals surface area contributed by atoms with Gasteiger partial charge in [0.25, 0.3) is 0 Å². The fourth-order valence-corrected chi connectivity index (χ4v) is 0.569. The Balaban J connectivity index is 2.65. The minimum Gasteiger partial charge on any atom is -0.243 e. The standard InChI is InChI=1S/C5H10N4/c1-3-4(2)5-6-8-9-7-5/h4H,3H2,1-2H3,(H,6,7,8,9)/t4-/m0/s1. The van der Waals surface area contributed by atoms with Crippen LogP contribution >= 0.6 is 0 Å². The van der Waals surface area contributed by atoms with Crippen molar-refractivity contribution in [1.82, 2.24) is 20.6 Å². The van der Waals surface area contributed by atoms with Gasteiger partial charge in [-0.25, -0.2) is 5.10 Å². The molecule has 9 heavy (non-hydrogen) atoms. The molecule has 0 aliphatic rings. The van der Waals surface area contributed by atoms with Crippen LogP contribution in [0.5, 0.6) is 0 Å². The minimum atomic E-state index is 0.444. The Bertz CT molecular complexity index is 157. The molecular weight excluding hydrogens is 116 g/mol. The highest BCUT2D eigenvalue weighted by molar-refractivity contribution is 4.85. The van der Waals surface area contributed by atoms with Crippen LogP contribution < -0.4 is 0 Å². The fourth-order valence-electron chi connectivity index (χ4n) is 0.569. The Labute approximate surface area is 53.7 Å². The Morgan fingerprint density at radius 3 is 2.89 bits per heavy atom. The van der Waals surface area contributed by atoms with Gasteiger partial charge in [0.05, 0.1) is 0 Å². The van der Waals surface area contributed by atoms with E-state index in [1.807, 2.05) is 0 Å². The normalized spacial score (nSPS) is 13.6. The van der Waals surface area contributed by atoms with Crippen LogP contribution in [-0.4, -0.2) is 20.6 Å². The lowest BCUT2D eigenvalue weighted by atomic mass is 10.1. The van der Waals surface area contributed by atoms with Gasteiger partial charge in [0.2, 0.25) is 0 Å². The molecule has 1 aromatic rings. The smallest absolute Gasteiger partial charge is 0.151 e. The Hall–Kier alpha value is -0.930. The van der Waals surface area contributed by atoms with Crippen LogP contribution in [0.4, 0.5) is 0 Å². The summed E-state index contributed by atoms with van der Waals surface area (Å²) < 4.78 is 0. The van der Waals surface area contributed by atoms with Gasteiger partial charge < -0.3 is 0 Å². The van der Waals surface area contributed by atoms with Gasteiger partial charge in [0, 0.05) is 5.92 Å². The van der Waals surface area contributed by atoms with E-state index >= 15 is 0 Å². The molecule has 0 bridgehead atoms. The van der Waals surface area contributed by atoms with Crippen LogP contribution in [0.1, 0.15) is 32.0 Å². The first-order chi connectivity index (χ1) is 4.34. The van der Waals surface area contributed by atoms with Gasteiger partial charge in [0.1, 0.15) is 0 Å². The number of rotatable bonds is 2. The first kappa shape index (κ1) is 6.19. The van der Waals surface area contributed by atoms with Crippen molar-refractivity contribution in [2.24, 2.45) is 0 Å². The summed E-state index contributed by atoms with van der Waals surface area (Å²) in [5.41, 5.74) is 0. The van der Waals surface area contributed by atoms with Gasteiger partial charge >= 0.3 is 0 Å². The first-order valence-corrected chi connectivity index (χ1v) is 3.08. The molecule has 4 nitrogen and oxygen atoms in total. The maximum atomic E-state index is 3.77. The van der Waals surface area contributed by atoms with E-state index in [2.05, 4.69) is 34.5 Å². The predicted octanol–water partition coefficient (Wildman–Crippen LogP) is 0.713. The third kappa shape index (κ3) is 1.25. The molecule has 0 amide bonds. The zero-order valence-corrected chi connectivity index (χ0v) is 5.63. The molecule has 1 N–H and O–H groups in total. The van der Waals surface area contributed by atoms with Gasteiger partial charge in [-0.05, 0) is 16.8 Å². The second-order valence-corrected chi connectivity index (χ2v) is 2.10. The highest BCUT2D eigenvalue weighted by Gasteiger charge is 2.04. The number of H-pyrrole nitrogens is 1. The second-order valence-electron chi connectivity index (χ2n) is 2.10. The lowest BCUT2D eigenvalue weighted by molar-refractivity contribution is 0.680. The van der Waals surface area contributed by atoms with E-state index in [4.69, 9.17) is 0 Å². The van der Waals surface area contributed by atoms with Gasteiger partial charge in [-0.1, -0.05) is 13.8 Å². The highest BCUT2D eigenvalue weighted by atomic mass is 15.5. The number of nitrogens with one attached hydrogen (secondary N) is 1. The summed E-state index contributed by atoms with van der Waals surface area (Å²) in [5.74, 6) is 1.32. The minimum absolute atomic E-state index is 0.444. The molecule has 1 heterocycles. The van der Waals surface area contributed by atoms with Gasteiger partial charge in [-0.15, -0.1) is 5.10 Å². The van der Waals surface area contributed by atoms with Crippen LogP contribution in [0.15, 0.2) is 0 Å². The third-order valence-electron chi connectivity index (χ3n) is 1.44. The number of aromatic nitrogens is 4. The summed E-state index contributed by atoms with van der Waals surface area (Å²) in [6, 6.07) is 0. The van der Waals surface area contributed by atoms with Crippen LogP contribution in [0.3, 0.4) is 0 Å². The predicted molar refractivity (Wildman–Crippen MR) is 32.9 cm³/mol. The number of aromatic amines is 1. The fraction of sp³-hybridized carbons (Fsp3) is 0.800. The van der Waals surface area contributed by atoms with E-state index in [0.29, 0.717) is 5.92 Å². The van der Waals surface area contributed by atoms with E-state index in [1.165, 1.54) is 0 Å². The van der Waals surface area contributed by atoms with Crippen molar-refractivity contribution in [1.29, 1.82) is 0 Å². The van der Waals surface area contributed by atoms with Crippen LogP contribution in [0.25, 0.3) is 0 Å². The van der Waals surface area contributed by atoms with E-state index in [9.17, 15) is 0 Å². The molecule has 1 aromatic heterocycles. The van der Waals surface area contributed by atoms with E-state index in [1.54, 1.807) is 0 Å². The molecule has 0 radical (unpaired) electrons. The molecule has 50 valence electrons. The molecular formula is C5H10N4. The van der Waals surface area contributed by atoms with Gasteiger partial charge in [-0.2, -0.15) is 0 Å². The maximum absolute atomic E-state index is 3.77. The van der Waals surface area contributed by atoms with Crippen molar-refractivity contribution >= 4 is 0 Å². The summed E-state index contributed by atoms with van der Waals surface area (Å²) >= 11 is 0. The maximum Gasteiger partial charge on any atom is 0.151 e. The van der Waals surface area contributed by atoms with E-state index < -0.39 is 0 Å². The van der Waals surface area contributed by atoms with Gasteiger partial charge in [-0.3, -0.25) is 0 Å². The van der Waals surface area contributed by atoms with Crippen LogP contribution in [0, 0.1) is 0 Å². The molecule has 0 unspecified atom stereocenters. The molecule has 0 aromatic carbocycles. The Kier molecular flexibility index (Phi) is 1.77. The monoisotopic (exact) mass is 126 g/mol. The van der Waals surface area contributed by atoms with Crippen molar-refractivity contribution in [3.05, 3.63) is 5.82 Å². The van der Waals surface area contributed by atoms with Crippen molar-refractivity contribution in [2.45, 2.75) is 26.2 Å². The summed E-state index contributed by atoms with van der Waals surface area (Å²) in [5, 5.41) is 13.4. The quantitative estimate of drug-likeness (QED) is 0.635. The summed E-state index contributed by atoms with van der Waals surface area (Å²) in [6.45, 7) is 4.19. The SMILES string of the molecule is CC[C@H](C)c1nnn[nH]1. The topological polar surface area (TPSA) is 54.5 Å². The molecule has 0 saturated heterocycles. The average molecular weight is 126 g/mol. The second kappa shape index (κ2) is 2.57. The van der Waals surface area contributed by atoms with E-state index in [-0.39, 0.29) is 0 Å². The number of nitrogens with zero attached hydrogens (tertiary/aromatic N) is 3. The number of hydrogen-bond acceptors (Lipinski definition) is 3. The van der Waals surface area contributed by atoms with Crippen molar-refractivity contribution in [3.8, 4) is 0 Å². The molecule has 0 aliphatic carbocycles. The zero-order valence-electron chi connectivity index (χ0n) is 5.63. The molecule has 1 rings (SSSR count). The zero-order chi connectivity index (χ0) is 6.69. The first-order valence-electron chi connectivity index (χ1n) is 3.08. The molecule has 0 spiro atoms. The van der Waals surface area contributed by atoms with Gasteiger partial charge in [0.15, 0.2) is 5.82 Å². The largest absolute Gasteiger partial charge is 0.243 e. The lowest BCUT2D eigenvalue weighted by Gasteiger charge is -1.98. The highest BCUT2D eigenvalue weighted by Crippen LogP contribution is 2.10. The van der Waals surface area contributed by atoms with Crippen molar-refractivity contribution in [3.63, 3.8) is 0 Å². The molecule has 0 fully saturated rings. The lowest BCUT2D eigenvalue weighted by Crippen LogP contribution is -1.93. The Morgan fingerprint density at radius 2 is 2.44 bits per heavy atom. The number of tetrazole rings is 1.